The first-order valence-electron chi connectivity index (χ1n) is 8.51. The number of primary amides is 1. The second-order valence-corrected chi connectivity index (χ2v) is 9.12. The van der Waals surface area contributed by atoms with Crippen molar-refractivity contribution in [3.8, 4) is 0 Å². The quantitative estimate of drug-likeness (QED) is 0.646. The third kappa shape index (κ3) is 6.12. The molecule has 1 aromatic heterocycles. The van der Waals surface area contributed by atoms with Gasteiger partial charge in [-0.2, -0.15) is 0 Å². The summed E-state index contributed by atoms with van der Waals surface area (Å²) in [4.78, 5) is 27.3. The van der Waals surface area contributed by atoms with Crippen LogP contribution < -0.4 is 10.6 Å². The first kappa shape index (κ1) is 20.0. The van der Waals surface area contributed by atoms with Crippen LogP contribution in [-0.2, 0) is 15.3 Å². The number of rotatable bonds is 8. The molecule has 0 saturated carbocycles. The van der Waals surface area contributed by atoms with E-state index in [1.54, 1.807) is 11.8 Å². The van der Waals surface area contributed by atoms with Gasteiger partial charge in [0, 0.05) is 31.9 Å². The lowest BCUT2D eigenvalue weighted by molar-refractivity contribution is -0.128. The molecule has 0 bridgehead atoms. The molecule has 1 aromatic carbocycles. The Bertz CT molecular complexity index is 763. The Morgan fingerprint density at radius 3 is 2.52 bits per heavy atom. The lowest BCUT2D eigenvalue weighted by Gasteiger charge is -2.34. The van der Waals surface area contributed by atoms with Crippen LogP contribution in [0.15, 0.2) is 34.7 Å². The van der Waals surface area contributed by atoms with Crippen molar-refractivity contribution in [3.05, 3.63) is 35.9 Å². The highest BCUT2D eigenvalue weighted by molar-refractivity contribution is 8.01. The van der Waals surface area contributed by atoms with Crippen LogP contribution in [0.1, 0.15) is 5.56 Å². The first-order valence-corrected chi connectivity index (χ1v) is 11.5. The van der Waals surface area contributed by atoms with E-state index in [0.29, 0.717) is 18.8 Å². The summed E-state index contributed by atoms with van der Waals surface area (Å²) in [6.45, 7) is 2.86. The molecule has 1 aliphatic rings. The predicted molar refractivity (Wildman–Crippen MR) is 111 cm³/mol. The normalized spacial score (nSPS) is 14.4. The van der Waals surface area contributed by atoms with Crippen molar-refractivity contribution in [2.24, 2.45) is 5.73 Å². The van der Waals surface area contributed by atoms with Crippen LogP contribution in [0.5, 0.6) is 0 Å². The third-order valence-corrected chi connectivity index (χ3v) is 7.10. The lowest BCUT2D eigenvalue weighted by Crippen LogP contribution is -2.49. The van der Waals surface area contributed by atoms with Crippen LogP contribution >= 0.6 is 34.9 Å². The van der Waals surface area contributed by atoms with Gasteiger partial charge in [-0.15, -0.1) is 22.0 Å². The Morgan fingerprint density at radius 1 is 1.07 bits per heavy atom. The van der Waals surface area contributed by atoms with Gasteiger partial charge in [-0.3, -0.25) is 9.59 Å². The maximum atomic E-state index is 12.4. The number of carbonyl (C=O) groups is 2. The molecule has 2 aromatic rings. The Kier molecular flexibility index (Phi) is 7.36. The third-order valence-electron chi connectivity index (χ3n) is 3.97. The number of piperazine rings is 1. The van der Waals surface area contributed by atoms with E-state index in [-0.39, 0.29) is 17.6 Å². The number of hydrogen-bond donors (Lipinski definition) is 1. The number of carbonyl (C=O) groups excluding carboxylic acids is 2. The molecular weight excluding hydrogens is 402 g/mol. The zero-order valence-corrected chi connectivity index (χ0v) is 17.2. The molecule has 27 heavy (non-hydrogen) atoms. The first-order chi connectivity index (χ1) is 13.1. The molecule has 2 N–H and O–H groups in total. The fourth-order valence-electron chi connectivity index (χ4n) is 2.59. The van der Waals surface area contributed by atoms with Crippen LogP contribution in [0.2, 0.25) is 0 Å². The summed E-state index contributed by atoms with van der Waals surface area (Å²) in [6.07, 6.45) is 0. The Labute approximate surface area is 170 Å². The number of nitrogens with zero attached hydrogens (tertiary/aromatic N) is 4. The lowest BCUT2D eigenvalue weighted by atomic mass is 10.2. The molecular formula is C17H21N5O2S3. The molecule has 2 heterocycles. The van der Waals surface area contributed by atoms with Crippen LogP contribution in [0.4, 0.5) is 5.13 Å². The van der Waals surface area contributed by atoms with Crippen LogP contribution in [0.3, 0.4) is 0 Å². The molecule has 1 fully saturated rings. The average molecular weight is 424 g/mol. The smallest absolute Gasteiger partial charge is 0.232 e. The summed E-state index contributed by atoms with van der Waals surface area (Å²) in [5, 5.41) is 9.10. The van der Waals surface area contributed by atoms with Gasteiger partial charge in [0.25, 0.3) is 0 Å². The number of thioether (sulfide) groups is 2. The molecule has 0 atom stereocenters. The van der Waals surface area contributed by atoms with Gasteiger partial charge < -0.3 is 15.5 Å². The molecule has 0 spiro atoms. The van der Waals surface area contributed by atoms with E-state index >= 15 is 0 Å². The average Bonchev–Trinajstić information content (AvgIpc) is 3.16. The molecule has 1 saturated heterocycles. The summed E-state index contributed by atoms with van der Waals surface area (Å²) >= 11 is 4.41. The van der Waals surface area contributed by atoms with E-state index in [0.717, 1.165) is 28.3 Å². The van der Waals surface area contributed by atoms with Crippen LogP contribution in [-0.4, -0.2) is 64.6 Å². The number of aromatic nitrogens is 2. The van der Waals surface area contributed by atoms with E-state index in [9.17, 15) is 9.59 Å². The molecule has 3 rings (SSSR count). The van der Waals surface area contributed by atoms with Crippen molar-refractivity contribution in [2.75, 3.05) is 42.6 Å². The predicted octanol–water partition coefficient (Wildman–Crippen LogP) is 1.70. The van der Waals surface area contributed by atoms with Crippen molar-refractivity contribution in [2.45, 2.75) is 10.1 Å². The fraction of sp³-hybridized carbons (Fsp3) is 0.412. The summed E-state index contributed by atoms with van der Waals surface area (Å²) in [5.74, 6) is 1.38. The van der Waals surface area contributed by atoms with Gasteiger partial charge in [0.2, 0.25) is 16.9 Å². The van der Waals surface area contributed by atoms with Crippen molar-refractivity contribution >= 4 is 51.8 Å². The maximum absolute atomic E-state index is 12.4. The van der Waals surface area contributed by atoms with E-state index in [2.05, 4.69) is 27.2 Å². The SMILES string of the molecule is NC(=O)CSc1nnc(N2CCN(C(=O)CSCc3ccccc3)CC2)s1. The zero-order chi connectivity index (χ0) is 19.1. The molecule has 1 aliphatic heterocycles. The highest BCUT2D eigenvalue weighted by atomic mass is 32.2. The van der Waals surface area contributed by atoms with Gasteiger partial charge in [-0.05, 0) is 5.56 Å². The van der Waals surface area contributed by atoms with Gasteiger partial charge in [0.05, 0.1) is 11.5 Å². The number of amides is 2. The highest BCUT2D eigenvalue weighted by Crippen LogP contribution is 2.28. The fourth-order valence-corrected chi connectivity index (χ4v) is 5.11. The number of benzene rings is 1. The molecule has 144 valence electrons. The highest BCUT2D eigenvalue weighted by Gasteiger charge is 2.23. The Hall–Kier alpha value is -1.78. The topological polar surface area (TPSA) is 92.4 Å². The van der Waals surface area contributed by atoms with Crippen LogP contribution in [0, 0.1) is 0 Å². The zero-order valence-electron chi connectivity index (χ0n) is 14.7. The Balaban J connectivity index is 1.40. The number of anilines is 1. The van der Waals surface area contributed by atoms with Crippen molar-refractivity contribution < 1.29 is 9.59 Å². The minimum absolute atomic E-state index is 0.186. The molecule has 10 heteroatoms. The van der Waals surface area contributed by atoms with Crippen LogP contribution in [0.25, 0.3) is 0 Å². The molecule has 0 radical (unpaired) electrons. The van der Waals surface area contributed by atoms with Gasteiger partial charge in [-0.25, -0.2) is 0 Å². The van der Waals surface area contributed by atoms with Gasteiger partial charge in [-0.1, -0.05) is 53.4 Å². The second kappa shape index (κ2) is 9.95. The second-order valence-electron chi connectivity index (χ2n) is 5.95. The summed E-state index contributed by atoms with van der Waals surface area (Å²) in [7, 11) is 0. The van der Waals surface area contributed by atoms with E-state index in [1.807, 2.05) is 23.1 Å². The monoisotopic (exact) mass is 423 g/mol. The van der Waals surface area contributed by atoms with Crippen molar-refractivity contribution in [1.29, 1.82) is 0 Å². The minimum Gasteiger partial charge on any atom is -0.369 e. The van der Waals surface area contributed by atoms with Gasteiger partial charge in [0.1, 0.15) is 0 Å². The number of nitrogens with two attached hydrogens (primary N) is 1. The van der Waals surface area contributed by atoms with Crippen molar-refractivity contribution in [3.63, 3.8) is 0 Å². The summed E-state index contributed by atoms with van der Waals surface area (Å²) < 4.78 is 0.736. The van der Waals surface area contributed by atoms with E-state index in [1.165, 1.54) is 28.7 Å². The molecule has 0 unspecified atom stereocenters. The van der Waals surface area contributed by atoms with E-state index < -0.39 is 0 Å². The molecule has 7 nitrogen and oxygen atoms in total. The molecule has 0 aliphatic carbocycles. The van der Waals surface area contributed by atoms with Gasteiger partial charge in [0.15, 0.2) is 4.34 Å². The Morgan fingerprint density at radius 2 is 1.81 bits per heavy atom. The van der Waals surface area contributed by atoms with Gasteiger partial charge >= 0.3 is 0 Å². The number of hydrogen-bond acceptors (Lipinski definition) is 8. The maximum Gasteiger partial charge on any atom is 0.232 e. The standard InChI is InChI=1S/C17H21N5O2S3/c18-14(23)11-26-17-20-19-16(27-17)22-8-6-21(7-9-22)15(24)12-25-10-13-4-2-1-3-5-13/h1-5H,6-12H2,(H2,18,23). The summed E-state index contributed by atoms with van der Waals surface area (Å²) in [6, 6.07) is 10.2. The minimum atomic E-state index is -0.367. The summed E-state index contributed by atoms with van der Waals surface area (Å²) in [5.41, 5.74) is 6.39. The molecule has 2 amide bonds. The largest absolute Gasteiger partial charge is 0.369 e. The van der Waals surface area contributed by atoms with E-state index in [4.69, 9.17) is 5.73 Å². The van der Waals surface area contributed by atoms with Crippen molar-refractivity contribution in [1.82, 2.24) is 15.1 Å².